The molecule has 0 spiro atoms. The lowest BCUT2D eigenvalue weighted by Crippen LogP contribution is -2.36. The summed E-state index contributed by atoms with van der Waals surface area (Å²) < 4.78 is 7.43. The molecule has 1 fully saturated rings. The zero-order valence-electron chi connectivity index (χ0n) is 17.7. The molecular formula is C23H25N7O. The summed E-state index contributed by atoms with van der Waals surface area (Å²) in [4.78, 5) is 16.1. The van der Waals surface area contributed by atoms with Crippen molar-refractivity contribution in [2.75, 3.05) is 41.8 Å². The number of nitrogens with one attached hydrogen (secondary N) is 2. The molecule has 1 aliphatic rings. The van der Waals surface area contributed by atoms with Crippen molar-refractivity contribution in [2.45, 2.75) is 6.92 Å². The van der Waals surface area contributed by atoms with E-state index >= 15 is 0 Å². The molecule has 1 saturated heterocycles. The standard InChI is InChI=1S/C23H25N7O/c1-16-15-24-22(28-23-26-19-5-3-4-6-20(19)29(23)2)27-21(16)25-17-7-9-18(10-8-17)30-11-13-31-14-12-30/h3-10,15H,11-14H2,1-2H3,(H2,24,25,26,27,28). The quantitative estimate of drug-likeness (QED) is 0.510. The Morgan fingerprint density at radius 2 is 1.71 bits per heavy atom. The van der Waals surface area contributed by atoms with E-state index in [4.69, 9.17) is 4.74 Å². The summed E-state index contributed by atoms with van der Waals surface area (Å²) in [6, 6.07) is 16.4. The summed E-state index contributed by atoms with van der Waals surface area (Å²) in [6.45, 7) is 5.40. The van der Waals surface area contributed by atoms with Crippen molar-refractivity contribution in [3.63, 3.8) is 0 Å². The maximum atomic E-state index is 5.44. The number of nitrogens with zero attached hydrogens (tertiary/aromatic N) is 5. The Labute approximate surface area is 180 Å². The molecule has 5 rings (SSSR count). The van der Waals surface area contributed by atoms with Crippen LogP contribution in [0.1, 0.15) is 5.56 Å². The molecule has 1 aliphatic heterocycles. The van der Waals surface area contributed by atoms with Crippen LogP contribution in [0, 0.1) is 6.92 Å². The second-order valence-corrected chi connectivity index (χ2v) is 7.60. The average Bonchev–Trinajstić information content (AvgIpc) is 3.12. The second-order valence-electron chi connectivity index (χ2n) is 7.60. The van der Waals surface area contributed by atoms with Gasteiger partial charge in [0, 0.05) is 43.3 Å². The van der Waals surface area contributed by atoms with Gasteiger partial charge < -0.3 is 19.5 Å². The summed E-state index contributed by atoms with van der Waals surface area (Å²) in [5.74, 6) is 1.96. The smallest absolute Gasteiger partial charge is 0.231 e. The van der Waals surface area contributed by atoms with E-state index in [-0.39, 0.29) is 0 Å². The van der Waals surface area contributed by atoms with Gasteiger partial charge in [0.1, 0.15) is 5.82 Å². The molecule has 3 heterocycles. The number of benzene rings is 2. The maximum Gasteiger partial charge on any atom is 0.231 e. The van der Waals surface area contributed by atoms with E-state index in [1.807, 2.05) is 49.0 Å². The van der Waals surface area contributed by atoms with Crippen LogP contribution in [0.2, 0.25) is 0 Å². The molecule has 2 N–H and O–H groups in total. The molecule has 4 aromatic rings. The molecule has 2 aromatic carbocycles. The number of aryl methyl sites for hydroxylation is 2. The van der Waals surface area contributed by atoms with Crippen LogP contribution in [0.15, 0.2) is 54.7 Å². The first-order valence-corrected chi connectivity index (χ1v) is 10.4. The van der Waals surface area contributed by atoms with Gasteiger partial charge >= 0.3 is 0 Å². The molecule has 0 saturated carbocycles. The molecule has 0 amide bonds. The number of para-hydroxylation sites is 2. The number of imidazole rings is 1. The van der Waals surface area contributed by atoms with E-state index in [9.17, 15) is 0 Å². The van der Waals surface area contributed by atoms with Crippen molar-refractivity contribution in [2.24, 2.45) is 7.05 Å². The average molecular weight is 416 g/mol. The van der Waals surface area contributed by atoms with E-state index < -0.39 is 0 Å². The number of anilines is 5. The fraction of sp³-hybridized carbons (Fsp3) is 0.261. The molecular weight excluding hydrogens is 390 g/mol. The number of morpholine rings is 1. The van der Waals surface area contributed by atoms with Crippen LogP contribution in [0.4, 0.5) is 29.1 Å². The van der Waals surface area contributed by atoms with Gasteiger partial charge in [-0.2, -0.15) is 4.98 Å². The van der Waals surface area contributed by atoms with Crippen LogP contribution in [0.25, 0.3) is 11.0 Å². The third kappa shape index (κ3) is 4.02. The Kier molecular flexibility index (Phi) is 5.13. The minimum absolute atomic E-state index is 0.497. The molecule has 8 nitrogen and oxygen atoms in total. The lowest BCUT2D eigenvalue weighted by molar-refractivity contribution is 0.122. The molecule has 2 aromatic heterocycles. The Morgan fingerprint density at radius 1 is 0.935 bits per heavy atom. The van der Waals surface area contributed by atoms with Crippen molar-refractivity contribution < 1.29 is 4.74 Å². The minimum Gasteiger partial charge on any atom is -0.378 e. The third-order valence-corrected chi connectivity index (χ3v) is 5.49. The predicted molar refractivity (Wildman–Crippen MR) is 124 cm³/mol. The van der Waals surface area contributed by atoms with Crippen LogP contribution in [0.3, 0.4) is 0 Å². The minimum atomic E-state index is 0.497. The largest absolute Gasteiger partial charge is 0.378 e. The normalized spacial score (nSPS) is 14.1. The molecule has 0 unspecified atom stereocenters. The Hall–Kier alpha value is -3.65. The molecule has 0 radical (unpaired) electrons. The van der Waals surface area contributed by atoms with Crippen molar-refractivity contribution >= 4 is 40.1 Å². The highest BCUT2D eigenvalue weighted by Crippen LogP contribution is 2.24. The summed E-state index contributed by atoms with van der Waals surface area (Å²) in [7, 11) is 1.97. The van der Waals surface area contributed by atoms with Gasteiger partial charge in [-0.1, -0.05) is 12.1 Å². The lowest BCUT2D eigenvalue weighted by atomic mass is 10.2. The molecule has 158 valence electrons. The molecule has 0 aliphatic carbocycles. The van der Waals surface area contributed by atoms with Gasteiger partial charge in [-0.15, -0.1) is 0 Å². The van der Waals surface area contributed by atoms with E-state index in [2.05, 4.69) is 54.8 Å². The number of hydrogen-bond donors (Lipinski definition) is 2. The van der Waals surface area contributed by atoms with Crippen LogP contribution in [-0.4, -0.2) is 45.8 Å². The number of fused-ring (bicyclic) bond motifs is 1. The van der Waals surface area contributed by atoms with Gasteiger partial charge in [0.2, 0.25) is 11.9 Å². The first kappa shape index (κ1) is 19.3. The van der Waals surface area contributed by atoms with Crippen LogP contribution in [-0.2, 0) is 11.8 Å². The van der Waals surface area contributed by atoms with Gasteiger partial charge in [-0.25, -0.2) is 9.97 Å². The Bertz CT molecular complexity index is 1200. The van der Waals surface area contributed by atoms with Gasteiger partial charge in [-0.05, 0) is 43.3 Å². The second kappa shape index (κ2) is 8.23. The van der Waals surface area contributed by atoms with Crippen molar-refractivity contribution in [3.8, 4) is 0 Å². The van der Waals surface area contributed by atoms with Crippen molar-refractivity contribution in [1.29, 1.82) is 0 Å². The van der Waals surface area contributed by atoms with E-state index in [0.29, 0.717) is 11.9 Å². The summed E-state index contributed by atoms with van der Waals surface area (Å²) in [5, 5.41) is 6.65. The summed E-state index contributed by atoms with van der Waals surface area (Å²) in [5.41, 5.74) is 5.13. The fourth-order valence-corrected chi connectivity index (χ4v) is 3.70. The van der Waals surface area contributed by atoms with E-state index in [1.54, 1.807) is 0 Å². The molecule has 31 heavy (non-hydrogen) atoms. The van der Waals surface area contributed by atoms with Crippen molar-refractivity contribution in [3.05, 3.63) is 60.3 Å². The SMILES string of the molecule is Cc1cnc(Nc2nc3ccccc3n2C)nc1Nc1ccc(N2CCOCC2)cc1. The number of ether oxygens (including phenoxy) is 1. The zero-order chi connectivity index (χ0) is 21.2. The van der Waals surface area contributed by atoms with Crippen LogP contribution in [0.5, 0.6) is 0 Å². The lowest BCUT2D eigenvalue weighted by Gasteiger charge is -2.28. The molecule has 0 atom stereocenters. The van der Waals surface area contributed by atoms with Crippen LogP contribution >= 0.6 is 0 Å². The first-order chi connectivity index (χ1) is 15.2. The van der Waals surface area contributed by atoms with E-state index in [1.165, 1.54) is 5.69 Å². The first-order valence-electron chi connectivity index (χ1n) is 10.4. The van der Waals surface area contributed by atoms with E-state index in [0.717, 1.165) is 54.4 Å². The number of aromatic nitrogens is 4. The number of rotatable bonds is 5. The van der Waals surface area contributed by atoms with Gasteiger partial charge in [-0.3, -0.25) is 5.32 Å². The molecule has 0 bridgehead atoms. The maximum absolute atomic E-state index is 5.44. The highest BCUT2D eigenvalue weighted by molar-refractivity contribution is 5.79. The highest BCUT2D eigenvalue weighted by atomic mass is 16.5. The van der Waals surface area contributed by atoms with Crippen molar-refractivity contribution in [1.82, 2.24) is 19.5 Å². The Morgan fingerprint density at radius 3 is 2.48 bits per heavy atom. The summed E-state index contributed by atoms with van der Waals surface area (Å²) >= 11 is 0. The van der Waals surface area contributed by atoms with Gasteiger partial charge in [0.05, 0.1) is 24.2 Å². The zero-order valence-corrected chi connectivity index (χ0v) is 17.7. The topological polar surface area (TPSA) is 80.1 Å². The van der Waals surface area contributed by atoms with Gasteiger partial charge in [0.15, 0.2) is 0 Å². The van der Waals surface area contributed by atoms with Crippen LogP contribution < -0.4 is 15.5 Å². The highest BCUT2D eigenvalue weighted by Gasteiger charge is 2.12. The third-order valence-electron chi connectivity index (χ3n) is 5.49. The predicted octanol–water partition coefficient (Wildman–Crippen LogP) is 4.00. The molecule has 8 heteroatoms. The summed E-state index contributed by atoms with van der Waals surface area (Å²) in [6.07, 6.45) is 1.81. The monoisotopic (exact) mass is 415 g/mol. The van der Waals surface area contributed by atoms with Gasteiger partial charge in [0.25, 0.3) is 0 Å². The fourth-order valence-electron chi connectivity index (χ4n) is 3.70. The Balaban J connectivity index is 1.34. The number of hydrogen-bond acceptors (Lipinski definition) is 7.